The highest BCUT2D eigenvalue weighted by molar-refractivity contribution is 8.18. The molecular weight excluding hydrogens is 460 g/mol. The first-order chi connectivity index (χ1) is 16.4. The van der Waals surface area contributed by atoms with Crippen LogP contribution in [0.15, 0.2) is 53.4 Å². The molecule has 2 aromatic carbocycles. The molecular formula is C24H24N2O7S. The van der Waals surface area contributed by atoms with Gasteiger partial charge in [-0.1, -0.05) is 30.3 Å². The predicted octanol–water partition coefficient (Wildman–Crippen LogP) is 3.70. The molecule has 3 amide bonds. The number of imide groups is 1. The normalized spacial score (nSPS) is 14.3. The molecule has 1 aliphatic heterocycles. The van der Waals surface area contributed by atoms with E-state index in [0.29, 0.717) is 22.7 Å². The number of thioether (sulfide) groups is 1. The van der Waals surface area contributed by atoms with E-state index in [1.165, 1.54) is 13.2 Å². The van der Waals surface area contributed by atoms with Gasteiger partial charge in [0, 0.05) is 11.3 Å². The highest BCUT2D eigenvalue weighted by Crippen LogP contribution is 2.37. The third-order valence-electron chi connectivity index (χ3n) is 4.62. The summed E-state index contributed by atoms with van der Waals surface area (Å²) in [5.41, 5.74) is 1.17. The van der Waals surface area contributed by atoms with Crippen molar-refractivity contribution in [2.24, 2.45) is 0 Å². The molecule has 1 heterocycles. The van der Waals surface area contributed by atoms with E-state index in [0.717, 1.165) is 16.7 Å². The summed E-state index contributed by atoms with van der Waals surface area (Å²) in [6.45, 7) is 1.40. The van der Waals surface area contributed by atoms with Gasteiger partial charge in [0.15, 0.2) is 11.5 Å². The Labute approximate surface area is 201 Å². The van der Waals surface area contributed by atoms with Crippen LogP contribution >= 0.6 is 11.8 Å². The Morgan fingerprint density at radius 3 is 2.56 bits per heavy atom. The lowest BCUT2D eigenvalue weighted by Gasteiger charge is -2.14. The fraction of sp³-hybridized carbons (Fsp3) is 0.250. The zero-order valence-corrected chi connectivity index (χ0v) is 19.6. The van der Waals surface area contributed by atoms with Crippen LogP contribution in [0.1, 0.15) is 18.9 Å². The Hall–Kier alpha value is -3.79. The van der Waals surface area contributed by atoms with Gasteiger partial charge >= 0.3 is 5.97 Å². The van der Waals surface area contributed by atoms with Crippen molar-refractivity contribution >= 4 is 46.5 Å². The predicted molar refractivity (Wildman–Crippen MR) is 127 cm³/mol. The van der Waals surface area contributed by atoms with Crippen LogP contribution in [0, 0.1) is 0 Å². The summed E-state index contributed by atoms with van der Waals surface area (Å²) in [5.74, 6) is -0.746. The molecule has 10 heteroatoms. The first-order valence-electron chi connectivity index (χ1n) is 10.5. The number of para-hydroxylation sites is 2. The molecule has 1 fully saturated rings. The number of ether oxygens (including phenoxy) is 3. The number of carbonyl (C=O) groups excluding carboxylic acids is 4. The molecule has 1 aliphatic rings. The second kappa shape index (κ2) is 11.9. The number of hydrogen-bond donors (Lipinski definition) is 1. The zero-order valence-electron chi connectivity index (χ0n) is 18.7. The average molecular weight is 485 g/mol. The topological polar surface area (TPSA) is 111 Å². The number of nitrogens with one attached hydrogen (secondary N) is 1. The van der Waals surface area contributed by atoms with Crippen molar-refractivity contribution in [1.29, 1.82) is 0 Å². The van der Waals surface area contributed by atoms with Gasteiger partial charge in [-0.2, -0.15) is 0 Å². The summed E-state index contributed by atoms with van der Waals surface area (Å²) in [7, 11) is 1.47. The van der Waals surface area contributed by atoms with Crippen molar-refractivity contribution in [3.05, 3.63) is 59.0 Å². The Morgan fingerprint density at radius 1 is 1.09 bits per heavy atom. The van der Waals surface area contributed by atoms with Gasteiger partial charge in [-0.05, 0) is 43.0 Å². The van der Waals surface area contributed by atoms with Crippen LogP contribution in [0.3, 0.4) is 0 Å². The minimum atomic E-state index is -0.662. The molecule has 0 bridgehead atoms. The molecule has 178 valence electrons. The Bertz CT molecular complexity index is 1100. The number of anilines is 1. The first-order valence-corrected chi connectivity index (χ1v) is 11.3. The smallest absolute Gasteiger partial charge is 0.326 e. The van der Waals surface area contributed by atoms with Crippen LogP contribution in [0.5, 0.6) is 11.5 Å². The molecule has 0 radical (unpaired) electrons. The Kier molecular flexibility index (Phi) is 8.69. The number of esters is 1. The third kappa shape index (κ3) is 6.38. The van der Waals surface area contributed by atoms with Crippen molar-refractivity contribution in [2.45, 2.75) is 13.3 Å². The SMILES string of the molecule is CCOC(=O)CN1C(=O)SC(=Cc2cccc(OC)c2OCCC(=O)Nc2ccccc2)C1=O. The summed E-state index contributed by atoms with van der Waals surface area (Å²) in [5, 5.41) is 2.22. The Morgan fingerprint density at radius 2 is 1.85 bits per heavy atom. The maximum Gasteiger partial charge on any atom is 0.326 e. The van der Waals surface area contributed by atoms with Crippen LogP contribution in [-0.4, -0.2) is 54.8 Å². The van der Waals surface area contributed by atoms with Gasteiger partial charge in [-0.15, -0.1) is 0 Å². The maximum atomic E-state index is 12.7. The molecule has 9 nitrogen and oxygen atoms in total. The van der Waals surface area contributed by atoms with E-state index in [2.05, 4.69) is 5.32 Å². The molecule has 1 N–H and O–H groups in total. The van der Waals surface area contributed by atoms with Gasteiger partial charge in [-0.25, -0.2) is 0 Å². The Balaban J connectivity index is 1.71. The number of methoxy groups -OCH3 is 1. The van der Waals surface area contributed by atoms with E-state index in [-0.39, 0.29) is 30.4 Å². The van der Waals surface area contributed by atoms with Crippen molar-refractivity contribution in [2.75, 3.05) is 32.2 Å². The highest BCUT2D eigenvalue weighted by Gasteiger charge is 2.36. The van der Waals surface area contributed by atoms with Gasteiger partial charge in [0.25, 0.3) is 11.1 Å². The van der Waals surface area contributed by atoms with Crippen LogP contribution in [0.2, 0.25) is 0 Å². The van der Waals surface area contributed by atoms with Crippen molar-refractivity contribution in [3.63, 3.8) is 0 Å². The molecule has 0 aliphatic carbocycles. The molecule has 0 atom stereocenters. The molecule has 34 heavy (non-hydrogen) atoms. The van der Waals surface area contributed by atoms with Crippen LogP contribution in [0.25, 0.3) is 6.08 Å². The first kappa shape index (κ1) is 24.8. The molecule has 1 saturated heterocycles. The fourth-order valence-corrected chi connectivity index (χ4v) is 3.89. The van der Waals surface area contributed by atoms with E-state index < -0.39 is 23.7 Å². The van der Waals surface area contributed by atoms with Crippen LogP contribution in [0.4, 0.5) is 10.5 Å². The number of amides is 3. The average Bonchev–Trinajstić information content (AvgIpc) is 3.08. The van der Waals surface area contributed by atoms with Gasteiger partial charge in [0.1, 0.15) is 6.54 Å². The highest BCUT2D eigenvalue weighted by atomic mass is 32.2. The lowest BCUT2D eigenvalue weighted by Crippen LogP contribution is -2.34. The summed E-state index contributed by atoms with van der Waals surface area (Å²) in [6, 6.07) is 14.2. The van der Waals surface area contributed by atoms with E-state index in [1.807, 2.05) is 18.2 Å². The monoisotopic (exact) mass is 484 g/mol. The van der Waals surface area contributed by atoms with Crippen molar-refractivity contribution < 1.29 is 33.4 Å². The van der Waals surface area contributed by atoms with Crippen molar-refractivity contribution in [1.82, 2.24) is 4.90 Å². The molecule has 0 spiro atoms. The largest absolute Gasteiger partial charge is 0.493 e. The molecule has 0 unspecified atom stereocenters. The summed E-state index contributed by atoms with van der Waals surface area (Å²) >= 11 is 0.719. The van der Waals surface area contributed by atoms with E-state index in [4.69, 9.17) is 14.2 Å². The van der Waals surface area contributed by atoms with E-state index in [9.17, 15) is 19.2 Å². The maximum absolute atomic E-state index is 12.7. The van der Waals surface area contributed by atoms with Gasteiger partial charge < -0.3 is 19.5 Å². The number of rotatable bonds is 10. The molecule has 0 aromatic heterocycles. The fourth-order valence-electron chi connectivity index (χ4n) is 3.07. The quantitative estimate of drug-likeness (QED) is 0.401. The van der Waals surface area contributed by atoms with Crippen LogP contribution < -0.4 is 14.8 Å². The molecule has 0 saturated carbocycles. The van der Waals surface area contributed by atoms with Gasteiger partial charge in [0.05, 0.1) is 31.6 Å². The number of hydrogen-bond acceptors (Lipinski definition) is 8. The van der Waals surface area contributed by atoms with Gasteiger partial charge in [-0.3, -0.25) is 24.1 Å². The minimum Gasteiger partial charge on any atom is -0.493 e. The summed E-state index contributed by atoms with van der Waals surface area (Å²) in [4.78, 5) is 49.8. The van der Waals surface area contributed by atoms with E-state index in [1.54, 1.807) is 37.3 Å². The third-order valence-corrected chi connectivity index (χ3v) is 5.52. The van der Waals surface area contributed by atoms with Gasteiger partial charge in [0.2, 0.25) is 5.91 Å². The lowest BCUT2D eigenvalue weighted by atomic mass is 10.1. The second-order valence-electron chi connectivity index (χ2n) is 6.96. The van der Waals surface area contributed by atoms with Crippen molar-refractivity contribution in [3.8, 4) is 11.5 Å². The van der Waals surface area contributed by atoms with E-state index >= 15 is 0 Å². The zero-order chi connectivity index (χ0) is 24.5. The minimum absolute atomic E-state index is 0.0597. The molecule has 3 rings (SSSR count). The molecule has 2 aromatic rings. The lowest BCUT2D eigenvalue weighted by molar-refractivity contribution is -0.146. The van der Waals surface area contributed by atoms with Crippen LogP contribution in [-0.2, 0) is 19.1 Å². The second-order valence-corrected chi connectivity index (χ2v) is 7.96. The standard InChI is InChI=1S/C24H24N2O7S/c1-3-32-21(28)15-26-23(29)19(34-24(26)30)14-16-8-7-11-18(31-2)22(16)33-13-12-20(27)25-17-9-5-4-6-10-17/h4-11,14H,3,12-13,15H2,1-2H3,(H,25,27). The number of nitrogens with zero attached hydrogens (tertiary/aromatic N) is 1. The number of carbonyl (C=O) groups is 4. The summed E-state index contributed by atoms with van der Waals surface area (Å²) < 4.78 is 16.0. The number of benzene rings is 2. The summed E-state index contributed by atoms with van der Waals surface area (Å²) in [6.07, 6.45) is 1.58.